The summed E-state index contributed by atoms with van der Waals surface area (Å²) in [6.07, 6.45) is 18.8. The molecule has 0 fully saturated rings. The molecule has 49 heavy (non-hydrogen) atoms. The number of nitrogens with zero attached hydrogens (tertiary/aromatic N) is 7. The molecule has 8 heterocycles. The van der Waals surface area contributed by atoms with E-state index in [1.165, 1.54) is 0 Å². The standard InChI is InChI=1S/C41H25N7O/c49-41-35-20-19-33(47-35)38(28-13-5-8-22-43-28)31-16-15-30(45-31)37(27-12-4-7-21-42-27)32-17-18-34(46-32)39(29-14-6-9-23-44-29)40-26(24-36(41)48-40)25-10-2-1-3-11-25/h1-24,49H. The van der Waals surface area contributed by atoms with Crippen LogP contribution in [0.5, 0.6) is 0 Å². The third kappa shape index (κ3) is 4.99. The fraction of sp³-hybridized carbons (Fsp3) is 0. The molecular weight excluding hydrogens is 606 g/mol. The molecule has 4 aromatic rings. The van der Waals surface area contributed by atoms with Crippen LogP contribution >= 0.6 is 0 Å². The second-order valence-corrected chi connectivity index (χ2v) is 11.5. The molecule has 230 valence electrons. The molecule has 0 radical (unpaired) electrons. The van der Waals surface area contributed by atoms with Gasteiger partial charge in [-0.25, -0.2) is 20.0 Å². The van der Waals surface area contributed by atoms with Crippen molar-refractivity contribution in [3.05, 3.63) is 197 Å². The molecule has 0 aliphatic carbocycles. The molecule has 1 N–H and O–H groups in total. The normalized spacial score (nSPS) is 17.9. The van der Waals surface area contributed by atoms with E-state index in [0.29, 0.717) is 57.0 Å². The number of pyridine rings is 3. The van der Waals surface area contributed by atoms with Gasteiger partial charge in [-0.2, -0.15) is 0 Å². The molecule has 5 aliphatic heterocycles. The van der Waals surface area contributed by atoms with Crippen LogP contribution in [0.4, 0.5) is 0 Å². The van der Waals surface area contributed by atoms with Gasteiger partial charge in [0.1, 0.15) is 11.4 Å². The van der Waals surface area contributed by atoms with E-state index in [-0.39, 0.29) is 5.76 Å². The monoisotopic (exact) mass is 631 g/mol. The van der Waals surface area contributed by atoms with Crippen molar-refractivity contribution < 1.29 is 5.11 Å². The molecule has 9 rings (SSSR count). The van der Waals surface area contributed by atoms with Gasteiger partial charge in [0.2, 0.25) is 0 Å². The molecule has 8 heteroatoms. The average molecular weight is 632 g/mol. The van der Waals surface area contributed by atoms with Crippen molar-refractivity contribution in [3.8, 4) is 0 Å². The van der Waals surface area contributed by atoms with Crippen LogP contribution in [0, 0.1) is 0 Å². The van der Waals surface area contributed by atoms with Gasteiger partial charge in [0.25, 0.3) is 0 Å². The van der Waals surface area contributed by atoms with Crippen LogP contribution in [0.25, 0.3) is 22.3 Å². The van der Waals surface area contributed by atoms with Gasteiger partial charge in [0.05, 0.1) is 68.0 Å². The fourth-order valence-corrected chi connectivity index (χ4v) is 6.31. The summed E-state index contributed by atoms with van der Waals surface area (Å²) < 4.78 is 0. The highest BCUT2D eigenvalue weighted by Gasteiger charge is 2.30. The second-order valence-electron chi connectivity index (χ2n) is 11.5. The largest absolute Gasteiger partial charge is 0.504 e. The molecule has 5 aliphatic rings. The first-order valence-corrected chi connectivity index (χ1v) is 15.8. The van der Waals surface area contributed by atoms with E-state index in [1.54, 1.807) is 24.7 Å². The zero-order valence-corrected chi connectivity index (χ0v) is 25.9. The lowest BCUT2D eigenvalue weighted by Crippen LogP contribution is -2.07. The number of aliphatic hydroxyl groups excluding tert-OH is 1. The number of aromatic nitrogens is 3. The van der Waals surface area contributed by atoms with Gasteiger partial charge in [0.15, 0.2) is 5.76 Å². The minimum Gasteiger partial charge on any atom is -0.504 e. The number of rotatable bonds is 4. The molecular formula is C41H25N7O. The lowest BCUT2D eigenvalue weighted by Gasteiger charge is -2.13. The van der Waals surface area contributed by atoms with Crippen molar-refractivity contribution in [2.75, 3.05) is 0 Å². The third-order valence-electron chi connectivity index (χ3n) is 8.54. The summed E-state index contributed by atoms with van der Waals surface area (Å²) in [7, 11) is 0. The maximum Gasteiger partial charge on any atom is 0.167 e. The van der Waals surface area contributed by atoms with Crippen molar-refractivity contribution in [2.24, 2.45) is 20.0 Å². The van der Waals surface area contributed by atoms with Crippen molar-refractivity contribution in [2.45, 2.75) is 0 Å². The Morgan fingerprint density at radius 2 is 0.878 bits per heavy atom. The van der Waals surface area contributed by atoms with E-state index in [1.807, 2.05) is 121 Å². The highest BCUT2D eigenvalue weighted by atomic mass is 16.3. The van der Waals surface area contributed by atoms with Crippen molar-refractivity contribution in [1.82, 2.24) is 15.0 Å². The lowest BCUT2D eigenvalue weighted by molar-refractivity contribution is 0.439. The number of aliphatic hydroxyl groups is 1. The van der Waals surface area contributed by atoms with E-state index in [9.17, 15) is 5.11 Å². The first-order valence-electron chi connectivity index (χ1n) is 15.8. The number of benzene rings is 1. The van der Waals surface area contributed by atoms with E-state index in [2.05, 4.69) is 4.98 Å². The zero-order chi connectivity index (χ0) is 32.7. The minimum atomic E-state index is -0.0411. The van der Waals surface area contributed by atoms with Crippen molar-refractivity contribution in [3.63, 3.8) is 0 Å². The molecule has 0 spiro atoms. The Balaban J connectivity index is 1.38. The molecule has 0 saturated carbocycles. The van der Waals surface area contributed by atoms with Gasteiger partial charge >= 0.3 is 0 Å². The van der Waals surface area contributed by atoms with Crippen LogP contribution in [0.15, 0.2) is 195 Å². The van der Waals surface area contributed by atoms with Gasteiger partial charge in [-0.1, -0.05) is 48.5 Å². The predicted molar refractivity (Wildman–Crippen MR) is 195 cm³/mol. The van der Waals surface area contributed by atoms with Crippen molar-refractivity contribution in [1.29, 1.82) is 0 Å². The Labute approximate surface area is 281 Å². The Kier molecular flexibility index (Phi) is 6.76. The number of allylic oxidation sites excluding steroid dienone is 11. The van der Waals surface area contributed by atoms with Crippen LogP contribution in [-0.2, 0) is 0 Å². The first kappa shape index (κ1) is 28.3. The minimum absolute atomic E-state index is 0.0411. The zero-order valence-electron chi connectivity index (χ0n) is 25.9. The Bertz CT molecular complexity index is 2440. The quantitative estimate of drug-likeness (QED) is 0.248. The van der Waals surface area contributed by atoms with Crippen LogP contribution in [-0.4, -0.2) is 42.9 Å². The average Bonchev–Trinajstić information content (AvgIpc) is 3.99. The molecule has 0 saturated heterocycles. The van der Waals surface area contributed by atoms with E-state index in [4.69, 9.17) is 29.9 Å². The summed E-state index contributed by atoms with van der Waals surface area (Å²) in [6, 6.07) is 27.3. The first-order chi connectivity index (χ1) is 24.2. The lowest BCUT2D eigenvalue weighted by atomic mass is 9.93. The molecule has 8 bridgehead atoms. The van der Waals surface area contributed by atoms with Gasteiger partial charge in [0, 0.05) is 24.2 Å². The molecule has 8 nitrogen and oxygen atoms in total. The van der Waals surface area contributed by atoms with Gasteiger partial charge in [-0.05, 0) is 84.5 Å². The summed E-state index contributed by atoms with van der Waals surface area (Å²) in [4.78, 5) is 34.5. The number of hydrogen-bond donors (Lipinski definition) is 1. The maximum absolute atomic E-state index is 11.8. The Hall–Kier alpha value is -6.93. The van der Waals surface area contributed by atoms with Gasteiger partial charge < -0.3 is 5.11 Å². The highest BCUT2D eigenvalue weighted by Crippen LogP contribution is 2.39. The summed E-state index contributed by atoms with van der Waals surface area (Å²) in [6.45, 7) is 0. The molecule has 0 amide bonds. The van der Waals surface area contributed by atoms with E-state index >= 15 is 0 Å². The predicted octanol–water partition coefficient (Wildman–Crippen LogP) is 7.76. The summed E-state index contributed by atoms with van der Waals surface area (Å²) in [5.41, 5.74) is 11.0. The maximum atomic E-state index is 11.8. The van der Waals surface area contributed by atoms with Crippen LogP contribution in [0.1, 0.15) is 22.6 Å². The second kappa shape index (κ2) is 11.7. The summed E-state index contributed by atoms with van der Waals surface area (Å²) >= 11 is 0. The van der Waals surface area contributed by atoms with Gasteiger partial charge in [-0.15, -0.1) is 0 Å². The highest BCUT2D eigenvalue weighted by molar-refractivity contribution is 6.47. The molecule has 1 aromatic carbocycles. The van der Waals surface area contributed by atoms with E-state index < -0.39 is 0 Å². The summed E-state index contributed by atoms with van der Waals surface area (Å²) in [5, 5.41) is 11.8. The van der Waals surface area contributed by atoms with Crippen LogP contribution in [0.3, 0.4) is 0 Å². The van der Waals surface area contributed by atoms with Gasteiger partial charge in [-0.3, -0.25) is 15.0 Å². The Morgan fingerprint density at radius 3 is 1.41 bits per heavy atom. The smallest absolute Gasteiger partial charge is 0.167 e. The van der Waals surface area contributed by atoms with Crippen LogP contribution < -0.4 is 0 Å². The van der Waals surface area contributed by atoms with E-state index in [0.717, 1.165) is 33.5 Å². The topological polar surface area (TPSA) is 108 Å². The van der Waals surface area contributed by atoms with Crippen molar-refractivity contribution >= 4 is 45.1 Å². The number of hydrogen-bond acceptors (Lipinski definition) is 8. The molecule has 0 atom stereocenters. The molecule has 3 aromatic heterocycles. The molecule has 0 unspecified atom stereocenters. The number of aliphatic imine (C=N–C) groups is 4. The third-order valence-corrected chi connectivity index (χ3v) is 8.54. The Morgan fingerprint density at radius 1 is 0.408 bits per heavy atom. The van der Waals surface area contributed by atoms with Crippen LogP contribution in [0.2, 0.25) is 0 Å². The number of fused-ring (bicyclic) bond motifs is 4. The SMILES string of the molecule is OC1=C2C=C(c3ccccc3)C(=N2)C(c2ccccn2)=C2C=CC(=N2)C(c2ccccn2)=C2C=CC(=N2)C(c2ccccn2)=C2C=CC1=N2. The fourth-order valence-electron chi connectivity index (χ4n) is 6.31. The summed E-state index contributed by atoms with van der Waals surface area (Å²) in [5.74, 6) is -0.0411.